The fraction of sp³-hybridized carbons (Fsp3) is 0.696. The lowest BCUT2D eigenvalue weighted by molar-refractivity contribution is -0.131. The molecule has 3 rings (SSSR count). The molecular formula is C23H34O4. The van der Waals surface area contributed by atoms with Crippen LogP contribution in [0, 0.1) is 23.7 Å². The SMILES string of the molecule is C/C=C(\C)[C@H]1[C@@H](/C=C/C=C(\C)C(C)=O)[C@@H]2C[C@@H](O)[C@](C)(O)C[C@H]2[C@@H]2O[C@@]21C. The van der Waals surface area contributed by atoms with Crippen molar-refractivity contribution in [1.82, 2.24) is 0 Å². The van der Waals surface area contributed by atoms with Gasteiger partial charge >= 0.3 is 0 Å². The quantitative estimate of drug-likeness (QED) is 0.341. The molecular weight excluding hydrogens is 340 g/mol. The summed E-state index contributed by atoms with van der Waals surface area (Å²) in [5, 5.41) is 21.2. The van der Waals surface area contributed by atoms with Crippen molar-refractivity contribution in [3.8, 4) is 0 Å². The van der Waals surface area contributed by atoms with Gasteiger partial charge in [0.05, 0.1) is 23.4 Å². The van der Waals surface area contributed by atoms with E-state index in [1.54, 1.807) is 13.8 Å². The zero-order valence-corrected chi connectivity index (χ0v) is 17.4. The Bertz CT molecular complexity index is 701. The van der Waals surface area contributed by atoms with Crippen molar-refractivity contribution < 1.29 is 19.7 Å². The minimum absolute atomic E-state index is 0.0732. The van der Waals surface area contributed by atoms with E-state index in [4.69, 9.17) is 4.74 Å². The van der Waals surface area contributed by atoms with Crippen molar-refractivity contribution >= 4 is 5.78 Å². The Morgan fingerprint density at radius 2 is 1.85 bits per heavy atom. The maximum absolute atomic E-state index is 11.5. The number of ether oxygens (including phenoxy) is 1. The third-order valence-corrected chi connectivity index (χ3v) is 7.37. The van der Waals surface area contributed by atoms with E-state index in [-0.39, 0.29) is 41.2 Å². The van der Waals surface area contributed by atoms with Crippen LogP contribution in [0.3, 0.4) is 0 Å². The first-order chi connectivity index (χ1) is 12.5. The molecule has 1 saturated heterocycles. The standard InChI is InChI=1S/C23H34O4/c1-7-13(2)20-16(10-8-9-14(3)15(4)24)17-11-19(25)22(5,26)12-18(17)21-23(20,6)27-21/h7-10,16-21,25-26H,11-12H2,1-6H3/b10-8+,13-7+,14-9+/t16-,17-,18+,19+,20-,21-,22+,23+/m0/s1. The number of aliphatic hydroxyl groups is 2. The van der Waals surface area contributed by atoms with Crippen molar-refractivity contribution in [3.63, 3.8) is 0 Å². The van der Waals surface area contributed by atoms with E-state index >= 15 is 0 Å². The summed E-state index contributed by atoms with van der Waals surface area (Å²) in [6.07, 6.45) is 8.76. The zero-order valence-electron chi connectivity index (χ0n) is 17.4. The summed E-state index contributed by atoms with van der Waals surface area (Å²) < 4.78 is 6.26. The molecule has 27 heavy (non-hydrogen) atoms. The van der Waals surface area contributed by atoms with Crippen LogP contribution in [0.2, 0.25) is 0 Å². The van der Waals surface area contributed by atoms with E-state index in [1.165, 1.54) is 5.57 Å². The Hall–Kier alpha value is -1.23. The molecule has 0 aromatic heterocycles. The van der Waals surface area contributed by atoms with Crippen LogP contribution in [-0.4, -0.2) is 39.4 Å². The molecule has 1 heterocycles. The number of Topliss-reactive ketones (excluding diaryl/α,β-unsaturated/α-hetero) is 1. The maximum Gasteiger partial charge on any atom is 0.155 e. The summed E-state index contributed by atoms with van der Waals surface area (Å²) in [6, 6.07) is 0. The molecule has 150 valence electrons. The van der Waals surface area contributed by atoms with Crippen LogP contribution in [0.5, 0.6) is 0 Å². The number of rotatable bonds is 4. The molecule has 3 fully saturated rings. The number of hydrogen-bond acceptors (Lipinski definition) is 4. The zero-order chi connectivity index (χ0) is 20.1. The minimum Gasteiger partial charge on any atom is -0.390 e. The van der Waals surface area contributed by atoms with E-state index in [2.05, 4.69) is 32.9 Å². The molecule has 4 heteroatoms. The number of carbonyl (C=O) groups excluding carboxylic acids is 1. The number of epoxide rings is 1. The molecule has 2 aliphatic carbocycles. The van der Waals surface area contributed by atoms with E-state index in [0.717, 1.165) is 5.57 Å². The Kier molecular flexibility index (Phi) is 5.30. The Balaban J connectivity index is 1.98. The highest BCUT2D eigenvalue weighted by Gasteiger charge is 2.70. The van der Waals surface area contributed by atoms with Gasteiger partial charge < -0.3 is 14.9 Å². The van der Waals surface area contributed by atoms with Crippen molar-refractivity contribution in [3.05, 3.63) is 35.5 Å². The second kappa shape index (κ2) is 6.98. The lowest BCUT2D eigenvalue weighted by Crippen LogP contribution is -2.55. The van der Waals surface area contributed by atoms with Gasteiger partial charge in [-0.2, -0.15) is 0 Å². The van der Waals surface area contributed by atoms with Crippen LogP contribution >= 0.6 is 0 Å². The largest absolute Gasteiger partial charge is 0.390 e. The highest BCUT2D eigenvalue weighted by molar-refractivity contribution is 5.92. The summed E-state index contributed by atoms with van der Waals surface area (Å²) in [4.78, 5) is 11.5. The maximum atomic E-state index is 11.5. The minimum atomic E-state index is -1.06. The molecule has 0 spiro atoms. The molecule has 0 aromatic rings. The van der Waals surface area contributed by atoms with Gasteiger partial charge in [-0.15, -0.1) is 0 Å². The lowest BCUT2D eigenvalue weighted by atomic mass is 9.54. The highest BCUT2D eigenvalue weighted by Crippen LogP contribution is 2.64. The second-order valence-corrected chi connectivity index (χ2v) is 9.24. The Morgan fingerprint density at radius 3 is 2.44 bits per heavy atom. The van der Waals surface area contributed by atoms with E-state index < -0.39 is 11.7 Å². The van der Waals surface area contributed by atoms with Gasteiger partial charge in [-0.05, 0) is 77.7 Å². The summed E-state index contributed by atoms with van der Waals surface area (Å²) in [5.74, 6) is 1.01. The van der Waals surface area contributed by atoms with Crippen LogP contribution < -0.4 is 0 Å². The van der Waals surface area contributed by atoms with Crippen molar-refractivity contribution in [2.45, 2.75) is 77.8 Å². The van der Waals surface area contributed by atoms with Crippen molar-refractivity contribution in [2.75, 3.05) is 0 Å². The van der Waals surface area contributed by atoms with Gasteiger partial charge in [0.15, 0.2) is 5.78 Å². The average molecular weight is 375 g/mol. The third-order valence-electron chi connectivity index (χ3n) is 7.37. The molecule has 1 aliphatic heterocycles. The third kappa shape index (κ3) is 3.48. The van der Waals surface area contributed by atoms with Gasteiger partial charge in [0.2, 0.25) is 0 Å². The van der Waals surface area contributed by atoms with Gasteiger partial charge in [0, 0.05) is 5.92 Å². The normalized spacial score (nSPS) is 47.6. The first kappa shape index (κ1) is 20.5. The number of allylic oxidation sites excluding steroid dienone is 5. The van der Waals surface area contributed by atoms with Crippen molar-refractivity contribution in [1.29, 1.82) is 0 Å². The molecule has 3 aliphatic rings. The van der Waals surface area contributed by atoms with E-state index in [0.29, 0.717) is 12.8 Å². The molecule has 8 atom stereocenters. The number of ketones is 1. The summed E-state index contributed by atoms with van der Waals surface area (Å²) in [6.45, 7) is 11.5. The molecule has 0 unspecified atom stereocenters. The van der Waals surface area contributed by atoms with Crippen molar-refractivity contribution in [2.24, 2.45) is 23.7 Å². The highest BCUT2D eigenvalue weighted by atomic mass is 16.6. The fourth-order valence-electron chi connectivity index (χ4n) is 5.49. The predicted molar refractivity (Wildman–Crippen MR) is 106 cm³/mol. The van der Waals surface area contributed by atoms with E-state index in [9.17, 15) is 15.0 Å². The molecule has 0 radical (unpaired) electrons. The van der Waals surface area contributed by atoms with Gasteiger partial charge in [-0.3, -0.25) is 4.79 Å². The monoisotopic (exact) mass is 374 g/mol. The number of hydrogen-bond donors (Lipinski definition) is 2. The van der Waals surface area contributed by atoms with Gasteiger partial charge in [0.25, 0.3) is 0 Å². The first-order valence-electron chi connectivity index (χ1n) is 10.1. The number of aliphatic hydroxyl groups excluding tert-OH is 1. The summed E-state index contributed by atoms with van der Waals surface area (Å²) >= 11 is 0. The van der Waals surface area contributed by atoms with E-state index in [1.807, 2.05) is 19.1 Å². The molecule has 4 nitrogen and oxygen atoms in total. The number of fused-ring (bicyclic) bond motifs is 3. The Labute approximate surface area is 163 Å². The fourth-order valence-corrected chi connectivity index (χ4v) is 5.49. The molecule has 0 bridgehead atoms. The van der Waals surface area contributed by atoms with Gasteiger partial charge in [-0.25, -0.2) is 0 Å². The van der Waals surface area contributed by atoms with Gasteiger partial charge in [0.1, 0.15) is 0 Å². The average Bonchev–Trinajstić information content (AvgIpc) is 3.28. The van der Waals surface area contributed by atoms with Crippen LogP contribution in [0.4, 0.5) is 0 Å². The molecule has 2 saturated carbocycles. The summed E-state index contributed by atoms with van der Waals surface area (Å²) in [7, 11) is 0. The molecule has 0 aromatic carbocycles. The van der Waals surface area contributed by atoms with Crippen LogP contribution in [0.15, 0.2) is 35.5 Å². The first-order valence-corrected chi connectivity index (χ1v) is 10.1. The number of carbonyl (C=O) groups is 1. The Morgan fingerprint density at radius 1 is 1.19 bits per heavy atom. The summed E-state index contributed by atoms with van der Waals surface area (Å²) in [5.41, 5.74) is 0.754. The predicted octanol–water partition coefficient (Wildman–Crippen LogP) is 3.59. The lowest BCUT2D eigenvalue weighted by Gasteiger charge is -2.50. The molecule has 0 amide bonds. The molecule has 2 N–H and O–H groups in total. The van der Waals surface area contributed by atoms with Gasteiger partial charge in [-0.1, -0.05) is 29.9 Å². The van der Waals surface area contributed by atoms with Crippen LogP contribution in [0.1, 0.15) is 54.4 Å². The smallest absolute Gasteiger partial charge is 0.155 e. The second-order valence-electron chi connectivity index (χ2n) is 9.24. The topological polar surface area (TPSA) is 70.1 Å². The van der Waals surface area contributed by atoms with Crippen LogP contribution in [0.25, 0.3) is 0 Å². The van der Waals surface area contributed by atoms with Crippen LogP contribution in [-0.2, 0) is 9.53 Å².